The molecule has 0 spiro atoms. The summed E-state index contributed by atoms with van der Waals surface area (Å²) in [5.74, 6) is 0. The lowest BCUT2D eigenvalue weighted by molar-refractivity contribution is -0.384. The number of fused-ring (bicyclic) bond motifs is 1. The lowest BCUT2D eigenvalue weighted by Gasteiger charge is -2.36. The van der Waals surface area contributed by atoms with Gasteiger partial charge in [0.05, 0.1) is 28.3 Å². The number of nitro groups is 1. The highest BCUT2D eigenvalue weighted by molar-refractivity contribution is 7.90. The average Bonchev–Trinajstić information content (AvgIpc) is 3.20. The molecule has 1 aromatic carbocycles. The van der Waals surface area contributed by atoms with E-state index in [0.29, 0.717) is 34.6 Å². The molecule has 0 saturated heterocycles. The fourth-order valence-electron chi connectivity index (χ4n) is 3.54. The van der Waals surface area contributed by atoms with E-state index in [4.69, 9.17) is 9.52 Å². The van der Waals surface area contributed by atoms with Crippen LogP contribution >= 0.6 is 0 Å². The molecular weight excluding hydrogens is 510 g/mol. The molecule has 0 aliphatic carbocycles. The van der Waals surface area contributed by atoms with E-state index >= 15 is 0 Å². The van der Waals surface area contributed by atoms with Gasteiger partial charge >= 0.3 is 0 Å². The topological polar surface area (TPSA) is 130 Å². The van der Waals surface area contributed by atoms with Crippen molar-refractivity contribution in [1.29, 1.82) is 0 Å². The van der Waals surface area contributed by atoms with E-state index in [1.165, 1.54) is 18.3 Å². The van der Waals surface area contributed by atoms with Crippen LogP contribution in [0.5, 0.6) is 0 Å². The molecular formula is C25H29N5O5SSi. The Morgan fingerprint density at radius 3 is 2.51 bits per heavy atom. The third-order valence-corrected chi connectivity index (χ3v) is 12.0. The number of non-ortho nitro benzene ring substituents is 1. The maximum absolute atomic E-state index is 12.2. The van der Waals surface area contributed by atoms with Gasteiger partial charge in [0, 0.05) is 36.3 Å². The van der Waals surface area contributed by atoms with Crippen molar-refractivity contribution >= 4 is 29.4 Å². The van der Waals surface area contributed by atoms with Crippen molar-refractivity contribution in [2.75, 3.05) is 6.26 Å². The smallest absolute Gasteiger partial charge is 0.270 e. The molecule has 10 nitrogen and oxygen atoms in total. The number of benzene rings is 1. The van der Waals surface area contributed by atoms with E-state index in [-0.39, 0.29) is 15.9 Å². The second kappa shape index (κ2) is 9.43. The van der Waals surface area contributed by atoms with E-state index in [9.17, 15) is 18.5 Å². The van der Waals surface area contributed by atoms with E-state index in [1.54, 1.807) is 28.9 Å². The van der Waals surface area contributed by atoms with Crippen LogP contribution in [0, 0.1) is 10.1 Å². The summed E-state index contributed by atoms with van der Waals surface area (Å²) in [5.41, 5.74) is 3.33. The van der Waals surface area contributed by atoms with Crippen molar-refractivity contribution in [3.05, 3.63) is 70.5 Å². The summed E-state index contributed by atoms with van der Waals surface area (Å²) in [6, 6.07) is 11.6. The maximum Gasteiger partial charge on any atom is 0.270 e. The normalized spacial score (nSPS) is 12.7. The zero-order chi connectivity index (χ0) is 27.2. The first-order chi connectivity index (χ1) is 17.2. The minimum absolute atomic E-state index is 0.0527. The largest absolute Gasteiger partial charge is 0.413 e. The zero-order valence-corrected chi connectivity index (χ0v) is 23.4. The first-order valence-electron chi connectivity index (χ1n) is 11.6. The summed E-state index contributed by atoms with van der Waals surface area (Å²) in [6.45, 7) is 11.3. The summed E-state index contributed by atoms with van der Waals surface area (Å²) >= 11 is 0. The number of hydrogen-bond donors (Lipinski definition) is 0. The molecule has 12 heteroatoms. The van der Waals surface area contributed by atoms with Crippen LogP contribution in [0.2, 0.25) is 18.1 Å². The molecule has 4 rings (SSSR count). The highest BCUT2D eigenvalue weighted by Gasteiger charge is 2.37. The molecule has 0 amide bonds. The van der Waals surface area contributed by atoms with Crippen LogP contribution in [0.25, 0.3) is 28.0 Å². The molecule has 3 heterocycles. The Morgan fingerprint density at radius 1 is 1.14 bits per heavy atom. The molecule has 0 bridgehead atoms. The molecule has 0 atom stereocenters. The van der Waals surface area contributed by atoms with Gasteiger partial charge in [-0.1, -0.05) is 32.9 Å². The van der Waals surface area contributed by atoms with E-state index in [1.807, 2.05) is 12.1 Å². The highest BCUT2D eigenvalue weighted by Crippen LogP contribution is 2.38. The summed E-state index contributed by atoms with van der Waals surface area (Å²) in [5, 5.41) is 15.8. The van der Waals surface area contributed by atoms with Crippen LogP contribution < -0.4 is 0 Å². The number of aromatic nitrogens is 4. The van der Waals surface area contributed by atoms with Gasteiger partial charge in [0.15, 0.2) is 8.32 Å². The lowest BCUT2D eigenvalue weighted by atomic mass is 10.0. The van der Waals surface area contributed by atoms with Gasteiger partial charge < -0.3 is 4.43 Å². The first kappa shape index (κ1) is 26.6. The maximum atomic E-state index is 12.2. The van der Waals surface area contributed by atoms with Gasteiger partial charge in [0.25, 0.3) is 5.69 Å². The van der Waals surface area contributed by atoms with Crippen molar-refractivity contribution in [1.82, 2.24) is 19.6 Å². The molecule has 37 heavy (non-hydrogen) atoms. The van der Waals surface area contributed by atoms with Crippen LogP contribution in [0.15, 0.2) is 60.0 Å². The van der Waals surface area contributed by atoms with Crippen molar-refractivity contribution in [2.24, 2.45) is 0 Å². The Bertz CT molecular complexity index is 1610. The van der Waals surface area contributed by atoms with Crippen molar-refractivity contribution in [2.45, 2.75) is 50.7 Å². The predicted molar refractivity (Wildman–Crippen MR) is 143 cm³/mol. The van der Waals surface area contributed by atoms with E-state index in [2.05, 4.69) is 43.8 Å². The molecule has 4 aromatic rings. The Balaban J connectivity index is 1.91. The van der Waals surface area contributed by atoms with Gasteiger partial charge in [-0.25, -0.2) is 22.9 Å². The van der Waals surface area contributed by atoms with Crippen LogP contribution in [0.3, 0.4) is 0 Å². The third-order valence-electron chi connectivity index (χ3n) is 6.66. The fourth-order valence-corrected chi connectivity index (χ4v) is 5.02. The molecule has 0 fully saturated rings. The van der Waals surface area contributed by atoms with E-state index < -0.39 is 23.1 Å². The Kier molecular flexibility index (Phi) is 6.78. The van der Waals surface area contributed by atoms with Crippen molar-refractivity contribution in [3.63, 3.8) is 0 Å². The molecule has 0 aliphatic rings. The van der Waals surface area contributed by atoms with Gasteiger partial charge in [-0.2, -0.15) is 5.10 Å². The minimum Gasteiger partial charge on any atom is -0.413 e. The highest BCUT2D eigenvalue weighted by atomic mass is 32.2. The number of pyridine rings is 1. The monoisotopic (exact) mass is 539 g/mol. The summed E-state index contributed by atoms with van der Waals surface area (Å²) in [6.07, 6.45) is 4.21. The van der Waals surface area contributed by atoms with Crippen molar-refractivity contribution in [3.8, 4) is 22.5 Å². The molecule has 0 aliphatic heterocycles. The number of nitrogens with zero attached hydrogens (tertiary/aromatic N) is 5. The molecule has 0 radical (unpaired) electrons. The van der Waals surface area contributed by atoms with Gasteiger partial charge in [-0.05, 0) is 41.9 Å². The first-order valence-corrected chi connectivity index (χ1v) is 16.4. The minimum atomic E-state index is -3.67. The standard InChI is InChI=1S/C25H29N5O5SSi/c1-25(2,3)37(5,6)35-16-17-11-13-29-21(14-17)22(20-10-12-26-24(27-20)36(4,33)34)23(28-29)18-8-7-9-19(15-18)30(31)32/h7-15H,16H2,1-6H3. The second-order valence-electron chi connectivity index (χ2n) is 10.4. The second-order valence-corrected chi connectivity index (χ2v) is 17.2. The van der Waals surface area contributed by atoms with Crippen LogP contribution in [0.4, 0.5) is 5.69 Å². The van der Waals surface area contributed by atoms with Crippen LogP contribution in [-0.4, -0.2) is 47.5 Å². The third kappa shape index (κ3) is 5.45. The molecule has 0 N–H and O–H groups in total. The Labute approximate surface area is 216 Å². The average molecular weight is 540 g/mol. The Hall–Kier alpha value is -3.48. The van der Waals surface area contributed by atoms with E-state index in [0.717, 1.165) is 11.8 Å². The van der Waals surface area contributed by atoms with Gasteiger partial charge in [0.2, 0.25) is 15.0 Å². The summed E-state index contributed by atoms with van der Waals surface area (Å²) < 4.78 is 32.4. The van der Waals surface area contributed by atoms with Gasteiger partial charge in [0.1, 0.15) is 5.69 Å². The zero-order valence-electron chi connectivity index (χ0n) is 21.6. The molecule has 3 aromatic heterocycles. The Morgan fingerprint density at radius 2 is 1.86 bits per heavy atom. The molecule has 0 unspecified atom stereocenters. The van der Waals surface area contributed by atoms with Gasteiger partial charge in [-0.3, -0.25) is 10.1 Å². The number of sulfone groups is 1. The van der Waals surface area contributed by atoms with Crippen LogP contribution in [0.1, 0.15) is 26.3 Å². The summed E-state index contributed by atoms with van der Waals surface area (Å²) in [4.78, 5) is 19.2. The quantitative estimate of drug-likeness (QED) is 0.134. The van der Waals surface area contributed by atoms with Crippen LogP contribution in [-0.2, 0) is 20.9 Å². The molecule has 0 saturated carbocycles. The number of rotatable bonds is 7. The molecule has 194 valence electrons. The number of nitro benzene ring substituents is 1. The fraction of sp³-hybridized carbons (Fsp3) is 0.320. The predicted octanol–water partition coefficient (Wildman–Crippen LogP) is 5.29. The van der Waals surface area contributed by atoms with Crippen molar-refractivity contribution < 1.29 is 17.8 Å². The number of hydrogen-bond acceptors (Lipinski definition) is 8. The summed E-state index contributed by atoms with van der Waals surface area (Å²) in [7, 11) is -5.67. The lowest BCUT2D eigenvalue weighted by Crippen LogP contribution is -2.40. The van der Waals surface area contributed by atoms with Gasteiger partial charge in [-0.15, -0.1) is 0 Å². The SMILES string of the molecule is CC(C)(C)[Si](C)(C)OCc1ccn2nc(-c3cccc([N+](=O)[O-])c3)c(-c3ccnc(S(C)(=O)=O)n3)c2c1.